The highest BCUT2D eigenvalue weighted by Crippen LogP contribution is 2.18. The van der Waals surface area contributed by atoms with E-state index in [1.165, 1.54) is 0 Å². The minimum atomic E-state index is -3.91. The largest absolute Gasteiger partial charge is 0.299 e. The summed E-state index contributed by atoms with van der Waals surface area (Å²) in [5, 5.41) is 0. The maximum absolute atomic E-state index is 13.1. The number of piperidine rings is 1. The van der Waals surface area contributed by atoms with E-state index in [1.54, 1.807) is 0 Å². The van der Waals surface area contributed by atoms with Crippen molar-refractivity contribution in [3.63, 3.8) is 0 Å². The van der Waals surface area contributed by atoms with Crippen LogP contribution in [0.1, 0.15) is 26.7 Å². The predicted octanol–water partition coefficient (Wildman–Crippen LogP) is 2.36. The molecule has 1 aromatic rings. The van der Waals surface area contributed by atoms with Gasteiger partial charge in [0.05, 0.1) is 4.90 Å². The van der Waals surface area contributed by atoms with Crippen LogP contribution in [0.3, 0.4) is 0 Å². The topological polar surface area (TPSA) is 49.4 Å². The highest BCUT2D eigenvalue weighted by molar-refractivity contribution is 7.89. The van der Waals surface area contributed by atoms with Gasteiger partial charge in [0.15, 0.2) is 0 Å². The third kappa shape index (κ3) is 4.47. The lowest BCUT2D eigenvalue weighted by Gasteiger charge is -2.34. The molecule has 1 aliphatic heterocycles. The van der Waals surface area contributed by atoms with E-state index in [1.807, 2.05) is 6.92 Å². The van der Waals surface area contributed by atoms with Gasteiger partial charge in [-0.15, -0.1) is 0 Å². The smallest absolute Gasteiger partial charge is 0.240 e. The number of likely N-dealkylation sites (tertiary alicyclic amines) is 1. The SMILES string of the molecule is CC1CCN([C@H](C)CNS(=O)(=O)c2cc(F)cc(F)c2)CC1. The van der Waals surface area contributed by atoms with Gasteiger partial charge < -0.3 is 0 Å². The average Bonchev–Trinajstić information content (AvgIpc) is 2.44. The number of sulfonamides is 1. The molecule has 1 atom stereocenters. The summed E-state index contributed by atoms with van der Waals surface area (Å²) >= 11 is 0. The van der Waals surface area contributed by atoms with Crippen LogP contribution in [0.4, 0.5) is 8.78 Å². The van der Waals surface area contributed by atoms with Crippen LogP contribution in [0.25, 0.3) is 0 Å². The number of hydrogen-bond acceptors (Lipinski definition) is 3. The van der Waals surface area contributed by atoms with Crippen LogP contribution in [-0.4, -0.2) is 39.0 Å². The Hall–Kier alpha value is -1.05. The highest BCUT2D eigenvalue weighted by Gasteiger charge is 2.23. The van der Waals surface area contributed by atoms with Crippen LogP contribution >= 0.6 is 0 Å². The summed E-state index contributed by atoms with van der Waals surface area (Å²) in [4.78, 5) is 1.85. The first-order valence-corrected chi connectivity index (χ1v) is 8.96. The van der Waals surface area contributed by atoms with Crippen molar-refractivity contribution in [2.75, 3.05) is 19.6 Å². The predicted molar refractivity (Wildman–Crippen MR) is 81.0 cm³/mol. The van der Waals surface area contributed by atoms with Gasteiger partial charge in [0, 0.05) is 18.7 Å². The highest BCUT2D eigenvalue weighted by atomic mass is 32.2. The van der Waals surface area contributed by atoms with Crippen molar-refractivity contribution in [1.82, 2.24) is 9.62 Å². The van der Waals surface area contributed by atoms with Crippen molar-refractivity contribution < 1.29 is 17.2 Å². The zero-order valence-corrected chi connectivity index (χ0v) is 13.7. The number of nitrogens with zero attached hydrogens (tertiary/aromatic N) is 1. The molecule has 1 saturated heterocycles. The molecule has 1 aromatic carbocycles. The molecule has 1 aliphatic rings. The molecule has 0 aliphatic carbocycles. The fraction of sp³-hybridized carbons (Fsp3) is 0.600. The van der Waals surface area contributed by atoms with Crippen molar-refractivity contribution >= 4 is 10.0 Å². The first-order chi connectivity index (χ1) is 10.3. The number of halogens is 2. The quantitative estimate of drug-likeness (QED) is 0.900. The van der Waals surface area contributed by atoms with Gasteiger partial charge >= 0.3 is 0 Å². The van der Waals surface area contributed by atoms with Crippen molar-refractivity contribution in [2.24, 2.45) is 5.92 Å². The fourth-order valence-corrected chi connectivity index (χ4v) is 3.76. The van der Waals surface area contributed by atoms with Gasteiger partial charge in [0.1, 0.15) is 11.6 Å². The van der Waals surface area contributed by atoms with Gasteiger partial charge in [-0.3, -0.25) is 4.90 Å². The van der Waals surface area contributed by atoms with Gasteiger partial charge in [-0.2, -0.15) is 0 Å². The van der Waals surface area contributed by atoms with E-state index in [0.29, 0.717) is 12.0 Å². The molecule has 1 heterocycles. The van der Waals surface area contributed by atoms with E-state index in [9.17, 15) is 17.2 Å². The Morgan fingerprint density at radius 2 is 1.77 bits per heavy atom. The summed E-state index contributed by atoms with van der Waals surface area (Å²) in [6, 6.07) is 2.33. The third-order valence-electron chi connectivity index (χ3n) is 4.16. The third-order valence-corrected chi connectivity index (χ3v) is 5.56. The Bertz CT molecular complexity index is 594. The van der Waals surface area contributed by atoms with E-state index in [2.05, 4.69) is 16.5 Å². The van der Waals surface area contributed by atoms with Crippen LogP contribution in [0.5, 0.6) is 0 Å². The minimum absolute atomic E-state index is 0.0423. The standard InChI is InChI=1S/C15H22F2N2O2S/c1-11-3-5-19(6-4-11)12(2)10-18-22(20,21)15-8-13(16)7-14(17)9-15/h7-9,11-12,18H,3-6,10H2,1-2H3/t12-/m1/s1. The molecular formula is C15H22F2N2O2S. The summed E-state index contributed by atoms with van der Waals surface area (Å²) < 4.78 is 52.9. The van der Waals surface area contributed by atoms with Gasteiger partial charge in [0.2, 0.25) is 10.0 Å². The zero-order chi connectivity index (χ0) is 16.3. The Morgan fingerprint density at radius 1 is 1.23 bits per heavy atom. The van der Waals surface area contributed by atoms with E-state index in [-0.39, 0.29) is 17.5 Å². The lowest BCUT2D eigenvalue weighted by Crippen LogP contribution is -2.45. The second-order valence-electron chi connectivity index (χ2n) is 6.02. The van der Waals surface area contributed by atoms with E-state index < -0.39 is 21.7 Å². The maximum atomic E-state index is 13.1. The molecule has 2 rings (SSSR count). The molecule has 0 aromatic heterocycles. The first kappa shape index (κ1) is 17.3. The number of hydrogen-bond donors (Lipinski definition) is 1. The number of rotatable bonds is 5. The Morgan fingerprint density at radius 3 is 2.32 bits per heavy atom. The van der Waals surface area contributed by atoms with Crippen LogP contribution in [0.15, 0.2) is 23.1 Å². The molecule has 0 radical (unpaired) electrons. The van der Waals surface area contributed by atoms with Crippen LogP contribution in [-0.2, 0) is 10.0 Å². The number of nitrogens with one attached hydrogen (secondary N) is 1. The maximum Gasteiger partial charge on any atom is 0.240 e. The average molecular weight is 332 g/mol. The summed E-state index contributed by atoms with van der Waals surface area (Å²) in [5.74, 6) is -1.10. The van der Waals surface area contributed by atoms with Gasteiger partial charge in [0.25, 0.3) is 0 Å². The summed E-state index contributed by atoms with van der Waals surface area (Å²) in [5.41, 5.74) is 0. The summed E-state index contributed by atoms with van der Waals surface area (Å²) in [6.45, 7) is 6.26. The molecule has 1 N–H and O–H groups in total. The molecule has 0 amide bonds. The monoisotopic (exact) mass is 332 g/mol. The zero-order valence-electron chi connectivity index (χ0n) is 12.9. The summed E-state index contributed by atoms with van der Waals surface area (Å²) in [7, 11) is -3.91. The number of benzene rings is 1. The molecule has 0 spiro atoms. The lowest BCUT2D eigenvalue weighted by atomic mass is 9.98. The molecule has 22 heavy (non-hydrogen) atoms. The van der Waals surface area contributed by atoms with E-state index in [0.717, 1.165) is 38.1 Å². The molecule has 0 bridgehead atoms. The molecule has 124 valence electrons. The second-order valence-corrected chi connectivity index (χ2v) is 7.79. The summed E-state index contributed by atoms with van der Waals surface area (Å²) in [6.07, 6.45) is 2.21. The molecule has 4 nitrogen and oxygen atoms in total. The molecule has 1 fully saturated rings. The van der Waals surface area contributed by atoms with Crippen molar-refractivity contribution in [1.29, 1.82) is 0 Å². The van der Waals surface area contributed by atoms with Crippen molar-refractivity contribution in [2.45, 2.75) is 37.6 Å². The van der Waals surface area contributed by atoms with E-state index in [4.69, 9.17) is 0 Å². The van der Waals surface area contributed by atoms with Crippen LogP contribution < -0.4 is 4.72 Å². The molecular weight excluding hydrogens is 310 g/mol. The normalized spacial score (nSPS) is 19.3. The first-order valence-electron chi connectivity index (χ1n) is 7.48. The van der Waals surface area contributed by atoms with Gasteiger partial charge in [-0.25, -0.2) is 21.9 Å². The molecule has 7 heteroatoms. The Labute approximate surface area is 130 Å². The van der Waals surface area contributed by atoms with Gasteiger partial charge in [-0.05, 0) is 50.9 Å². The van der Waals surface area contributed by atoms with Crippen LogP contribution in [0.2, 0.25) is 0 Å². The van der Waals surface area contributed by atoms with Crippen molar-refractivity contribution in [3.8, 4) is 0 Å². The molecule has 0 unspecified atom stereocenters. The fourth-order valence-electron chi connectivity index (χ4n) is 2.60. The minimum Gasteiger partial charge on any atom is -0.299 e. The van der Waals surface area contributed by atoms with Crippen molar-refractivity contribution in [3.05, 3.63) is 29.8 Å². The molecule has 0 saturated carbocycles. The van der Waals surface area contributed by atoms with Gasteiger partial charge in [-0.1, -0.05) is 6.92 Å². The van der Waals surface area contributed by atoms with Crippen LogP contribution in [0, 0.1) is 17.6 Å². The second kappa shape index (κ2) is 7.02. The Kier molecular flexibility index (Phi) is 5.52. The lowest BCUT2D eigenvalue weighted by molar-refractivity contribution is 0.148. The van der Waals surface area contributed by atoms with E-state index >= 15 is 0 Å². The Balaban J connectivity index is 1.97.